The molecule has 1 amide bonds. The quantitative estimate of drug-likeness (QED) is 0.854. The summed E-state index contributed by atoms with van der Waals surface area (Å²) in [5, 5.41) is 2.79. The van der Waals surface area contributed by atoms with Crippen molar-refractivity contribution in [1.29, 1.82) is 0 Å². The number of nitrogens with one attached hydrogen (secondary N) is 1. The lowest BCUT2D eigenvalue weighted by molar-refractivity contribution is -0.122. The molecule has 0 fully saturated rings. The zero-order chi connectivity index (χ0) is 17.7. The summed E-state index contributed by atoms with van der Waals surface area (Å²) in [6, 6.07) is 12.5. The molecule has 0 radical (unpaired) electrons. The minimum atomic E-state index is -0.673. The van der Waals surface area contributed by atoms with Crippen LogP contribution in [0.1, 0.15) is 28.4 Å². The zero-order valence-corrected chi connectivity index (χ0v) is 14.3. The number of carbonyl (C=O) groups excluding carboxylic acids is 2. The largest absolute Gasteiger partial charge is 0.481 e. The van der Waals surface area contributed by atoms with Crippen molar-refractivity contribution < 1.29 is 19.1 Å². The van der Waals surface area contributed by atoms with Gasteiger partial charge >= 0.3 is 5.97 Å². The van der Waals surface area contributed by atoms with E-state index in [4.69, 9.17) is 9.47 Å². The van der Waals surface area contributed by atoms with E-state index in [1.54, 1.807) is 31.2 Å². The molecule has 5 nitrogen and oxygen atoms in total. The Morgan fingerprint density at radius 2 is 1.83 bits per heavy atom. The number of hydrogen-bond acceptors (Lipinski definition) is 4. The Kier molecular flexibility index (Phi) is 5.58. The van der Waals surface area contributed by atoms with Gasteiger partial charge in [0.15, 0.2) is 6.10 Å². The number of esters is 1. The molecule has 0 saturated carbocycles. The van der Waals surface area contributed by atoms with Crippen LogP contribution in [0.25, 0.3) is 0 Å². The van der Waals surface area contributed by atoms with Crippen molar-refractivity contribution >= 4 is 17.6 Å². The van der Waals surface area contributed by atoms with Gasteiger partial charge < -0.3 is 14.8 Å². The normalized spacial score (nSPS) is 11.5. The van der Waals surface area contributed by atoms with Gasteiger partial charge in [-0.15, -0.1) is 0 Å². The summed E-state index contributed by atoms with van der Waals surface area (Å²) in [7, 11) is 1.32. The molecular formula is C19H21NO4. The van der Waals surface area contributed by atoms with Crippen LogP contribution in [0.3, 0.4) is 0 Å². The molecule has 0 aliphatic carbocycles. The van der Waals surface area contributed by atoms with E-state index in [-0.39, 0.29) is 5.91 Å². The number of carbonyl (C=O) groups is 2. The van der Waals surface area contributed by atoms with Gasteiger partial charge in [0.2, 0.25) is 0 Å². The van der Waals surface area contributed by atoms with E-state index in [9.17, 15) is 9.59 Å². The molecule has 0 aliphatic heterocycles. The number of hydrogen-bond donors (Lipinski definition) is 1. The Morgan fingerprint density at radius 3 is 2.50 bits per heavy atom. The molecule has 1 N–H and O–H groups in total. The smallest absolute Gasteiger partial charge is 0.337 e. The van der Waals surface area contributed by atoms with Crippen molar-refractivity contribution in [3.63, 3.8) is 0 Å². The molecule has 0 aliphatic rings. The number of aryl methyl sites for hydroxylation is 2. The molecule has 5 heteroatoms. The van der Waals surface area contributed by atoms with Crippen molar-refractivity contribution in [3.8, 4) is 5.75 Å². The molecule has 0 aromatic heterocycles. The van der Waals surface area contributed by atoms with Crippen molar-refractivity contribution in [3.05, 3.63) is 59.2 Å². The van der Waals surface area contributed by atoms with Crippen LogP contribution in [0.15, 0.2) is 42.5 Å². The van der Waals surface area contributed by atoms with E-state index in [1.165, 1.54) is 7.11 Å². The van der Waals surface area contributed by atoms with Crippen LogP contribution in [-0.2, 0) is 9.53 Å². The van der Waals surface area contributed by atoms with E-state index < -0.39 is 12.1 Å². The van der Waals surface area contributed by atoms with Crippen molar-refractivity contribution in [2.75, 3.05) is 12.4 Å². The molecule has 1 unspecified atom stereocenters. The van der Waals surface area contributed by atoms with Crippen LogP contribution >= 0.6 is 0 Å². The minimum absolute atomic E-state index is 0.290. The molecule has 0 heterocycles. The summed E-state index contributed by atoms with van der Waals surface area (Å²) in [6.07, 6.45) is -0.673. The highest BCUT2D eigenvalue weighted by molar-refractivity contribution is 5.97. The first kappa shape index (κ1) is 17.5. The fourth-order valence-corrected chi connectivity index (χ4v) is 2.18. The molecule has 0 spiro atoms. The Hall–Kier alpha value is -2.82. The predicted octanol–water partition coefficient (Wildman–Crippen LogP) is 3.50. The first-order valence-electron chi connectivity index (χ1n) is 7.64. The van der Waals surface area contributed by atoms with Crippen LogP contribution in [0.2, 0.25) is 0 Å². The van der Waals surface area contributed by atoms with Gasteiger partial charge in [-0.05, 0) is 56.2 Å². The monoisotopic (exact) mass is 327 g/mol. The van der Waals surface area contributed by atoms with E-state index in [2.05, 4.69) is 5.32 Å². The standard InChI is InChI=1S/C19H21NO4/c1-12-6-5-7-16(10-12)24-14(3)18(21)20-17-11-15(19(22)23-4)9-8-13(17)2/h5-11,14H,1-4H3,(H,20,21). The topological polar surface area (TPSA) is 64.6 Å². The van der Waals surface area contributed by atoms with Crippen molar-refractivity contribution in [2.45, 2.75) is 26.9 Å². The summed E-state index contributed by atoms with van der Waals surface area (Å²) < 4.78 is 10.4. The van der Waals surface area contributed by atoms with Gasteiger partial charge in [0.1, 0.15) is 5.75 Å². The summed E-state index contributed by atoms with van der Waals surface area (Å²) >= 11 is 0. The zero-order valence-electron chi connectivity index (χ0n) is 14.3. The lowest BCUT2D eigenvalue weighted by atomic mass is 10.1. The maximum absolute atomic E-state index is 12.4. The van der Waals surface area contributed by atoms with Crippen LogP contribution in [-0.4, -0.2) is 25.1 Å². The van der Waals surface area contributed by atoms with E-state index in [0.717, 1.165) is 11.1 Å². The first-order chi connectivity index (χ1) is 11.4. The lowest BCUT2D eigenvalue weighted by Gasteiger charge is -2.16. The fraction of sp³-hybridized carbons (Fsp3) is 0.263. The summed E-state index contributed by atoms with van der Waals surface area (Å²) in [5.74, 6) is -0.103. The van der Waals surface area contributed by atoms with Crippen LogP contribution < -0.4 is 10.1 Å². The summed E-state index contributed by atoms with van der Waals surface area (Å²) in [4.78, 5) is 24.0. The third-order valence-corrected chi connectivity index (χ3v) is 3.59. The molecule has 126 valence electrons. The highest BCUT2D eigenvalue weighted by Crippen LogP contribution is 2.19. The van der Waals surface area contributed by atoms with E-state index >= 15 is 0 Å². The van der Waals surface area contributed by atoms with Crippen LogP contribution in [0, 0.1) is 13.8 Å². The van der Waals surface area contributed by atoms with E-state index in [0.29, 0.717) is 17.0 Å². The average Bonchev–Trinajstić information content (AvgIpc) is 2.56. The van der Waals surface area contributed by atoms with Crippen molar-refractivity contribution in [1.82, 2.24) is 0 Å². The lowest BCUT2D eigenvalue weighted by Crippen LogP contribution is -2.30. The number of amides is 1. The molecule has 2 aromatic rings. The van der Waals surface area contributed by atoms with Gasteiger partial charge in [0.25, 0.3) is 5.91 Å². The van der Waals surface area contributed by atoms with Gasteiger partial charge in [0, 0.05) is 5.69 Å². The predicted molar refractivity (Wildman–Crippen MR) is 92.4 cm³/mol. The molecular weight excluding hydrogens is 306 g/mol. The van der Waals surface area contributed by atoms with Crippen LogP contribution in [0.5, 0.6) is 5.75 Å². The number of benzene rings is 2. The second kappa shape index (κ2) is 7.64. The van der Waals surface area contributed by atoms with Gasteiger partial charge in [-0.1, -0.05) is 18.2 Å². The van der Waals surface area contributed by atoms with Gasteiger partial charge in [-0.3, -0.25) is 4.79 Å². The Labute approximate surface area is 141 Å². The second-order valence-electron chi connectivity index (χ2n) is 5.59. The van der Waals surface area contributed by atoms with Gasteiger partial charge in [0.05, 0.1) is 12.7 Å². The Bertz CT molecular complexity index is 755. The summed E-state index contributed by atoms with van der Waals surface area (Å²) in [6.45, 7) is 5.49. The molecule has 0 bridgehead atoms. The fourth-order valence-electron chi connectivity index (χ4n) is 2.18. The number of anilines is 1. The van der Waals surface area contributed by atoms with Gasteiger partial charge in [-0.25, -0.2) is 4.79 Å². The Morgan fingerprint density at radius 1 is 1.08 bits per heavy atom. The summed E-state index contributed by atoms with van der Waals surface area (Å²) in [5.41, 5.74) is 2.84. The minimum Gasteiger partial charge on any atom is -0.481 e. The molecule has 24 heavy (non-hydrogen) atoms. The molecule has 2 aromatic carbocycles. The Balaban J connectivity index is 2.09. The molecule has 1 atom stereocenters. The second-order valence-corrected chi connectivity index (χ2v) is 5.59. The number of ether oxygens (including phenoxy) is 2. The first-order valence-corrected chi connectivity index (χ1v) is 7.64. The molecule has 0 saturated heterocycles. The average molecular weight is 327 g/mol. The SMILES string of the molecule is COC(=O)c1ccc(C)c(NC(=O)C(C)Oc2cccc(C)c2)c1. The maximum Gasteiger partial charge on any atom is 0.337 e. The third kappa shape index (κ3) is 4.35. The van der Waals surface area contributed by atoms with Crippen molar-refractivity contribution in [2.24, 2.45) is 0 Å². The number of methoxy groups -OCH3 is 1. The highest BCUT2D eigenvalue weighted by atomic mass is 16.5. The van der Waals surface area contributed by atoms with Gasteiger partial charge in [-0.2, -0.15) is 0 Å². The number of rotatable bonds is 5. The molecule has 2 rings (SSSR count). The third-order valence-electron chi connectivity index (χ3n) is 3.59. The highest BCUT2D eigenvalue weighted by Gasteiger charge is 2.17. The van der Waals surface area contributed by atoms with E-state index in [1.807, 2.05) is 32.0 Å². The maximum atomic E-state index is 12.4. The van der Waals surface area contributed by atoms with Crippen LogP contribution in [0.4, 0.5) is 5.69 Å².